The lowest BCUT2D eigenvalue weighted by atomic mass is 9.88. The van der Waals surface area contributed by atoms with Crippen molar-refractivity contribution < 1.29 is 22.7 Å². The summed E-state index contributed by atoms with van der Waals surface area (Å²) in [5, 5.41) is 2.99. The van der Waals surface area contributed by atoms with Crippen LogP contribution < -0.4 is 5.32 Å². The van der Waals surface area contributed by atoms with E-state index in [0.717, 1.165) is 6.07 Å². The minimum absolute atomic E-state index is 0.0347. The maximum Gasteiger partial charge on any atom is 0.308 e. The lowest BCUT2D eigenvalue weighted by molar-refractivity contribution is -0.146. The van der Waals surface area contributed by atoms with Crippen LogP contribution in [-0.2, 0) is 9.53 Å². The third-order valence-electron chi connectivity index (χ3n) is 3.35. The zero-order valence-electron chi connectivity index (χ0n) is 10.4. The third kappa shape index (κ3) is 2.89. The summed E-state index contributed by atoms with van der Waals surface area (Å²) in [6, 6.07) is 0.837. The molecule has 1 fully saturated rings. The van der Waals surface area contributed by atoms with Crippen molar-refractivity contribution in [3.8, 4) is 0 Å². The van der Waals surface area contributed by atoms with Crippen molar-refractivity contribution in [1.82, 2.24) is 5.32 Å². The molecule has 2 atom stereocenters. The number of benzene rings is 1. The Morgan fingerprint density at radius 1 is 1.26 bits per heavy atom. The minimum Gasteiger partial charge on any atom is -0.469 e. The van der Waals surface area contributed by atoms with E-state index in [4.69, 9.17) is 0 Å². The predicted molar refractivity (Wildman–Crippen MR) is 61.8 cm³/mol. The van der Waals surface area contributed by atoms with Gasteiger partial charge in [0.05, 0.1) is 13.0 Å². The molecule has 0 saturated carbocycles. The van der Waals surface area contributed by atoms with Crippen LogP contribution >= 0.6 is 0 Å². The van der Waals surface area contributed by atoms with Crippen molar-refractivity contribution >= 4 is 5.97 Å². The first kappa shape index (κ1) is 13.9. The molecule has 0 spiro atoms. The minimum atomic E-state index is -1.22. The summed E-state index contributed by atoms with van der Waals surface area (Å²) >= 11 is 0. The fourth-order valence-electron chi connectivity index (χ4n) is 2.34. The molecular weight excluding hydrogens is 259 g/mol. The average Bonchev–Trinajstić information content (AvgIpc) is 2.42. The van der Waals surface area contributed by atoms with E-state index in [-0.39, 0.29) is 17.5 Å². The molecule has 2 rings (SSSR count). The van der Waals surface area contributed by atoms with Gasteiger partial charge in [-0.25, -0.2) is 13.2 Å². The van der Waals surface area contributed by atoms with Gasteiger partial charge in [-0.05, 0) is 25.5 Å². The SMILES string of the molecule is COC(=O)C1CCNC(c2cc(F)c(F)cc2F)C1. The van der Waals surface area contributed by atoms with Crippen molar-refractivity contribution in [2.45, 2.75) is 18.9 Å². The molecule has 1 heterocycles. The van der Waals surface area contributed by atoms with Gasteiger partial charge in [-0.15, -0.1) is 0 Å². The van der Waals surface area contributed by atoms with Crippen molar-refractivity contribution in [2.75, 3.05) is 13.7 Å². The van der Waals surface area contributed by atoms with Gasteiger partial charge in [-0.3, -0.25) is 4.79 Å². The number of ether oxygens (including phenoxy) is 1. The Labute approximate surface area is 108 Å². The van der Waals surface area contributed by atoms with Gasteiger partial charge >= 0.3 is 5.97 Å². The number of methoxy groups -OCH3 is 1. The lowest BCUT2D eigenvalue weighted by Gasteiger charge is -2.29. The van der Waals surface area contributed by atoms with E-state index in [9.17, 15) is 18.0 Å². The molecule has 104 valence electrons. The molecule has 1 aliphatic rings. The van der Waals surface area contributed by atoms with E-state index in [1.165, 1.54) is 7.11 Å². The first-order valence-corrected chi connectivity index (χ1v) is 5.98. The fourth-order valence-corrected chi connectivity index (χ4v) is 2.34. The molecule has 0 radical (unpaired) electrons. The quantitative estimate of drug-likeness (QED) is 0.664. The number of nitrogens with one attached hydrogen (secondary N) is 1. The molecule has 0 aliphatic carbocycles. The summed E-state index contributed by atoms with van der Waals surface area (Å²) in [5.74, 6) is -3.86. The summed E-state index contributed by atoms with van der Waals surface area (Å²) < 4.78 is 44.4. The van der Waals surface area contributed by atoms with Crippen LogP contribution in [-0.4, -0.2) is 19.6 Å². The standard InChI is InChI=1S/C13H14F3NO2/c1-19-13(18)7-2-3-17-12(4-7)8-5-10(15)11(16)6-9(8)14/h5-7,12,17H,2-4H2,1H3. The van der Waals surface area contributed by atoms with E-state index >= 15 is 0 Å². The monoisotopic (exact) mass is 273 g/mol. The lowest BCUT2D eigenvalue weighted by Crippen LogP contribution is -2.36. The van der Waals surface area contributed by atoms with E-state index in [1.54, 1.807) is 0 Å². The second-order valence-corrected chi connectivity index (χ2v) is 4.54. The van der Waals surface area contributed by atoms with E-state index in [0.29, 0.717) is 25.5 Å². The van der Waals surface area contributed by atoms with Gasteiger partial charge in [0.2, 0.25) is 0 Å². The molecule has 1 saturated heterocycles. The first-order chi connectivity index (χ1) is 9.02. The molecule has 1 aliphatic heterocycles. The van der Waals surface area contributed by atoms with Crippen molar-refractivity contribution in [3.05, 3.63) is 35.1 Å². The average molecular weight is 273 g/mol. The third-order valence-corrected chi connectivity index (χ3v) is 3.35. The summed E-state index contributed by atoms with van der Waals surface area (Å²) in [4.78, 5) is 11.5. The summed E-state index contributed by atoms with van der Waals surface area (Å²) in [6.45, 7) is 0.489. The Kier molecular flexibility index (Phi) is 4.09. The van der Waals surface area contributed by atoms with Crippen molar-refractivity contribution in [3.63, 3.8) is 0 Å². The molecular formula is C13H14F3NO2. The highest BCUT2D eigenvalue weighted by Crippen LogP contribution is 2.30. The van der Waals surface area contributed by atoms with Crippen LogP contribution in [0.1, 0.15) is 24.4 Å². The number of carbonyl (C=O) groups excluding carboxylic acids is 1. The Bertz CT molecular complexity index is 493. The maximum absolute atomic E-state index is 13.7. The molecule has 1 N–H and O–H groups in total. The van der Waals surface area contributed by atoms with Crippen LogP contribution in [0.25, 0.3) is 0 Å². The maximum atomic E-state index is 13.7. The van der Waals surface area contributed by atoms with Gasteiger partial charge in [-0.2, -0.15) is 0 Å². The number of hydrogen-bond acceptors (Lipinski definition) is 3. The van der Waals surface area contributed by atoms with Gasteiger partial charge in [0.25, 0.3) is 0 Å². The number of piperidine rings is 1. The number of carbonyl (C=O) groups is 1. The van der Waals surface area contributed by atoms with Crippen LogP contribution in [0.5, 0.6) is 0 Å². The zero-order chi connectivity index (χ0) is 14.0. The molecule has 2 unspecified atom stereocenters. The highest BCUT2D eigenvalue weighted by Gasteiger charge is 2.30. The highest BCUT2D eigenvalue weighted by atomic mass is 19.2. The molecule has 6 heteroatoms. The van der Waals surface area contributed by atoms with E-state index in [1.807, 2.05) is 0 Å². The Balaban J connectivity index is 2.22. The van der Waals surface area contributed by atoms with Crippen LogP contribution in [0, 0.1) is 23.4 Å². The van der Waals surface area contributed by atoms with Crippen LogP contribution in [0.3, 0.4) is 0 Å². The summed E-state index contributed by atoms with van der Waals surface area (Å²) in [6.07, 6.45) is 0.878. The number of rotatable bonds is 2. The van der Waals surface area contributed by atoms with Gasteiger partial charge < -0.3 is 10.1 Å². The largest absolute Gasteiger partial charge is 0.469 e. The van der Waals surface area contributed by atoms with Crippen molar-refractivity contribution in [1.29, 1.82) is 0 Å². The molecule has 19 heavy (non-hydrogen) atoms. The normalized spacial score (nSPS) is 23.2. The molecule has 3 nitrogen and oxygen atoms in total. The zero-order valence-corrected chi connectivity index (χ0v) is 10.4. The van der Waals surface area contributed by atoms with Gasteiger partial charge in [-0.1, -0.05) is 0 Å². The van der Waals surface area contributed by atoms with Gasteiger partial charge in [0.15, 0.2) is 11.6 Å². The van der Waals surface area contributed by atoms with Crippen molar-refractivity contribution in [2.24, 2.45) is 5.92 Å². The fraction of sp³-hybridized carbons (Fsp3) is 0.462. The van der Waals surface area contributed by atoms with Crippen LogP contribution in [0.4, 0.5) is 13.2 Å². The number of halogens is 3. The summed E-state index contributed by atoms with van der Waals surface area (Å²) in [7, 11) is 1.29. The number of hydrogen-bond donors (Lipinski definition) is 1. The predicted octanol–water partition coefficient (Wildman–Crippen LogP) is 2.32. The summed E-state index contributed by atoms with van der Waals surface area (Å²) in [5.41, 5.74) is 0.0347. The second-order valence-electron chi connectivity index (χ2n) is 4.54. The molecule has 1 aromatic rings. The first-order valence-electron chi connectivity index (χ1n) is 5.98. The van der Waals surface area contributed by atoms with E-state index in [2.05, 4.69) is 10.1 Å². The van der Waals surface area contributed by atoms with Gasteiger partial charge in [0.1, 0.15) is 5.82 Å². The molecule has 0 bridgehead atoms. The Hall–Kier alpha value is -1.56. The van der Waals surface area contributed by atoms with Crippen LogP contribution in [0.2, 0.25) is 0 Å². The molecule has 1 aromatic carbocycles. The Morgan fingerprint density at radius 2 is 1.95 bits per heavy atom. The highest BCUT2D eigenvalue weighted by molar-refractivity contribution is 5.72. The molecule has 0 amide bonds. The molecule has 0 aromatic heterocycles. The van der Waals surface area contributed by atoms with E-state index < -0.39 is 23.5 Å². The smallest absolute Gasteiger partial charge is 0.308 e. The van der Waals surface area contributed by atoms with Crippen LogP contribution in [0.15, 0.2) is 12.1 Å². The van der Waals surface area contributed by atoms with Gasteiger partial charge in [0, 0.05) is 17.7 Å². The Morgan fingerprint density at radius 3 is 2.63 bits per heavy atom. The number of esters is 1. The topological polar surface area (TPSA) is 38.3 Å². The second kappa shape index (κ2) is 5.61.